The van der Waals surface area contributed by atoms with Crippen molar-refractivity contribution in [2.45, 2.75) is 44.4 Å². The zero-order valence-corrected chi connectivity index (χ0v) is 12.4. The fourth-order valence-electron chi connectivity index (χ4n) is 3.12. The molecule has 2 aliphatic heterocycles. The molecule has 1 N–H and O–H groups in total. The molecule has 2 atom stereocenters. The summed E-state index contributed by atoms with van der Waals surface area (Å²) in [6.45, 7) is 6.32. The zero-order valence-electron chi connectivity index (χ0n) is 12.4. The Balaban J connectivity index is 1.83. The lowest BCUT2D eigenvalue weighted by molar-refractivity contribution is -0.134. The lowest BCUT2D eigenvalue weighted by Gasteiger charge is -2.37. The maximum Gasteiger partial charge on any atom is 0.239 e. The molecule has 2 rings (SSSR count). The fourth-order valence-corrected chi connectivity index (χ4v) is 3.12. The Labute approximate surface area is 116 Å². The number of likely N-dealkylation sites (tertiary alicyclic amines) is 1. The Morgan fingerprint density at radius 3 is 2.63 bits per heavy atom. The molecule has 0 bridgehead atoms. The average Bonchev–Trinajstić information content (AvgIpc) is 2.94. The van der Waals surface area contributed by atoms with Crippen LogP contribution < -0.4 is 5.32 Å². The molecule has 5 heteroatoms. The molecule has 2 fully saturated rings. The molecule has 0 aromatic heterocycles. The monoisotopic (exact) mass is 269 g/mol. The van der Waals surface area contributed by atoms with Gasteiger partial charge in [0.15, 0.2) is 0 Å². The van der Waals surface area contributed by atoms with Crippen molar-refractivity contribution in [1.29, 1.82) is 0 Å². The standard InChI is InChI=1S/C14H27N3O2/c1-4-17-7-5-11(6-8-17)16(2)14(18)13-9-12(19-3)10-15-13/h11-13,15H,4-10H2,1-3H3. The Morgan fingerprint density at radius 1 is 1.42 bits per heavy atom. The number of amides is 1. The van der Waals surface area contributed by atoms with E-state index in [1.807, 2.05) is 11.9 Å². The van der Waals surface area contributed by atoms with Crippen molar-refractivity contribution in [3.63, 3.8) is 0 Å². The number of carbonyl (C=O) groups is 1. The summed E-state index contributed by atoms with van der Waals surface area (Å²) in [5.74, 6) is 0.231. The van der Waals surface area contributed by atoms with Gasteiger partial charge in [0.05, 0.1) is 12.1 Å². The number of nitrogens with one attached hydrogen (secondary N) is 1. The number of likely N-dealkylation sites (N-methyl/N-ethyl adjacent to an activating group) is 1. The molecule has 0 aliphatic carbocycles. The summed E-state index contributed by atoms with van der Waals surface area (Å²) in [6.07, 6.45) is 3.17. The van der Waals surface area contributed by atoms with Crippen LogP contribution >= 0.6 is 0 Å². The van der Waals surface area contributed by atoms with Gasteiger partial charge >= 0.3 is 0 Å². The Kier molecular flexibility index (Phi) is 5.19. The highest BCUT2D eigenvalue weighted by molar-refractivity contribution is 5.82. The molecule has 0 radical (unpaired) electrons. The van der Waals surface area contributed by atoms with E-state index in [0.29, 0.717) is 6.04 Å². The Morgan fingerprint density at radius 2 is 2.11 bits per heavy atom. The van der Waals surface area contributed by atoms with E-state index in [1.54, 1.807) is 7.11 Å². The van der Waals surface area contributed by atoms with Crippen molar-refractivity contribution in [2.75, 3.05) is 40.3 Å². The van der Waals surface area contributed by atoms with Crippen molar-refractivity contribution in [2.24, 2.45) is 0 Å². The van der Waals surface area contributed by atoms with Gasteiger partial charge in [0.2, 0.25) is 5.91 Å². The summed E-state index contributed by atoms with van der Waals surface area (Å²) in [7, 11) is 3.67. The van der Waals surface area contributed by atoms with Gasteiger partial charge in [-0.05, 0) is 25.8 Å². The number of carbonyl (C=O) groups excluding carboxylic acids is 1. The first-order valence-corrected chi connectivity index (χ1v) is 7.41. The molecule has 2 unspecified atom stereocenters. The molecular weight excluding hydrogens is 242 g/mol. The summed E-state index contributed by atoms with van der Waals surface area (Å²) in [5, 5.41) is 3.27. The van der Waals surface area contributed by atoms with Crippen molar-refractivity contribution in [1.82, 2.24) is 15.1 Å². The van der Waals surface area contributed by atoms with Crippen LogP contribution in [0, 0.1) is 0 Å². The van der Waals surface area contributed by atoms with Crippen LogP contribution in [0.25, 0.3) is 0 Å². The molecule has 2 heterocycles. The van der Waals surface area contributed by atoms with E-state index in [4.69, 9.17) is 4.74 Å². The molecule has 0 spiro atoms. The van der Waals surface area contributed by atoms with E-state index < -0.39 is 0 Å². The maximum atomic E-state index is 12.5. The Bertz CT molecular complexity index is 303. The number of hydrogen-bond donors (Lipinski definition) is 1. The van der Waals surface area contributed by atoms with Crippen molar-refractivity contribution < 1.29 is 9.53 Å². The van der Waals surface area contributed by atoms with Gasteiger partial charge in [-0.15, -0.1) is 0 Å². The molecule has 110 valence electrons. The van der Waals surface area contributed by atoms with Gasteiger partial charge < -0.3 is 19.9 Å². The maximum absolute atomic E-state index is 12.5. The second-order valence-electron chi connectivity index (χ2n) is 5.67. The van der Waals surface area contributed by atoms with E-state index in [9.17, 15) is 4.79 Å². The summed E-state index contributed by atoms with van der Waals surface area (Å²) >= 11 is 0. The minimum Gasteiger partial charge on any atom is -0.380 e. The second-order valence-corrected chi connectivity index (χ2v) is 5.67. The van der Waals surface area contributed by atoms with Crippen LogP contribution in [0.2, 0.25) is 0 Å². The topological polar surface area (TPSA) is 44.8 Å². The minimum absolute atomic E-state index is 0.0563. The first-order chi connectivity index (χ1) is 9.15. The van der Waals surface area contributed by atoms with Crippen molar-refractivity contribution >= 4 is 5.91 Å². The van der Waals surface area contributed by atoms with Gasteiger partial charge in [0.1, 0.15) is 0 Å². The van der Waals surface area contributed by atoms with Crippen LogP contribution in [-0.4, -0.2) is 74.2 Å². The van der Waals surface area contributed by atoms with E-state index in [1.165, 1.54) is 0 Å². The highest BCUT2D eigenvalue weighted by Gasteiger charge is 2.34. The van der Waals surface area contributed by atoms with E-state index >= 15 is 0 Å². The molecule has 2 aliphatic rings. The third kappa shape index (κ3) is 3.46. The summed E-state index contributed by atoms with van der Waals surface area (Å²) in [4.78, 5) is 16.9. The minimum atomic E-state index is -0.0563. The number of methoxy groups -OCH3 is 1. The van der Waals surface area contributed by atoms with E-state index in [-0.39, 0.29) is 18.1 Å². The molecular formula is C14H27N3O2. The highest BCUT2D eigenvalue weighted by atomic mass is 16.5. The third-order valence-electron chi connectivity index (χ3n) is 4.62. The number of nitrogens with zero attached hydrogens (tertiary/aromatic N) is 2. The van der Waals surface area contributed by atoms with Crippen LogP contribution in [0.15, 0.2) is 0 Å². The predicted octanol–water partition coefficient (Wildman–Crippen LogP) is 0.306. The van der Waals surface area contributed by atoms with Gasteiger partial charge in [0.25, 0.3) is 0 Å². The number of rotatable bonds is 4. The van der Waals surface area contributed by atoms with E-state index in [2.05, 4.69) is 17.1 Å². The quantitative estimate of drug-likeness (QED) is 0.797. The van der Waals surface area contributed by atoms with Gasteiger partial charge in [-0.1, -0.05) is 6.92 Å². The molecule has 0 aromatic carbocycles. The molecule has 1 amide bonds. The van der Waals surface area contributed by atoms with Gasteiger partial charge in [-0.25, -0.2) is 0 Å². The van der Waals surface area contributed by atoms with Crippen LogP contribution in [0.4, 0.5) is 0 Å². The van der Waals surface area contributed by atoms with Crippen molar-refractivity contribution in [3.8, 4) is 0 Å². The first-order valence-electron chi connectivity index (χ1n) is 7.41. The van der Waals surface area contributed by atoms with Gasteiger partial charge in [-0.3, -0.25) is 4.79 Å². The first kappa shape index (κ1) is 14.8. The van der Waals surface area contributed by atoms with E-state index in [0.717, 1.165) is 45.4 Å². The predicted molar refractivity (Wildman–Crippen MR) is 75.1 cm³/mol. The largest absolute Gasteiger partial charge is 0.380 e. The summed E-state index contributed by atoms with van der Waals surface area (Å²) in [6, 6.07) is 0.345. The fraction of sp³-hybridized carbons (Fsp3) is 0.929. The van der Waals surface area contributed by atoms with Crippen LogP contribution in [0.1, 0.15) is 26.2 Å². The molecule has 0 saturated carbocycles. The third-order valence-corrected chi connectivity index (χ3v) is 4.62. The SMILES string of the molecule is CCN1CCC(N(C)C(=O)C2CC(OC)CN2)CC1. The van der Waals surface area contributed by atoms with Gasteiger partial charge in [0, 0.05) is 39.8 Å². The van der Waals surface area contributed by atoms with Crippen LogP contribution in [-0.2, 0) is 9.53 Å². The Hall–Kier alpha value is -0.650. The number of ether oxygens (including phenoxy) is 1. The molecule has 0 aromatic rings. The van der Waals surface area contributed by atoms with Crippen LogP contribution in [0.5, 0.6) is 0 Å². The molecule has 5 nitrogen and oxygen atoms in total. The smallest absolute Gasteiger partial charge is 0.239 e. The zero-order chi connectivity index (χ0) is 13.8. The number of piperidine rings is 1. The van der Waals surface area contributed by atoms with Crippen LogP contribution in [0.3, 0.4) is 0 Å². The highest BCUT2D eigenvalue weighted by Crippen LogP contribution is 2.18. The summed E-state index contributed by atoms with van der Waals surface area (Å²) < 4.78 is 5.31. The second kappa shape index (κ2) is 6.68. The normalized spacial score (nSPS) is 29.6. The lowest BCUT2D eigenvalue weighted by atomic mass is 10.0. The summed E-state index contributed by atoms with van der Waals surface area (Å²) in [5.41, 5.74) is 0. The van der Waals surface area contributed by atoms with Gasteiger partial charge in [-0.2, -0.15) is 0 Å². The lowest BCUT2D eigenvalue weighted by Crippen LogP contribution is -2.50. The van der Waals surface area contributed by atoms with Crippen molar-refractivity contribution in [3.05, 3.63) is 0 Å². The average molecular weight is 269 g/mol. The number of hydrogen-bond acceptors (Lipinski definition) is 4. The molecule has 2 saturated heterocycles. The molecule has 19 heavy (non-hydrogen) atoms.